The van der Waals surface area contributed by atoms with E-state index in [2.05, 4.69) is 15.2 Å². The highest BCUT2D eigenvalue weighted by Crippen LogP contribution is 2.27. The van der Waals surface area contributed by atoms with Crippen molar-refractivity contribution in [1.29, 1.82) is 0 Å². The zero-order valence-corrected chi connectivity index (χ0v) is 13.5. The van der Waals surface area contributed by atoms with Gasteiger partial charge in [0.2, 0.25) is 5.88 Å². The smallest absolute Gasteiger partial charge is 0.322 e. The lowest BCUT2D eigenvalue weighted by molar-refractivity contribution is 0.208. The fourth-order valence-electron chi connectivity index (χ4n) is 2.72. The maximum atomic E-state index is 12.4. The van der Waals surface area contributed by atoms with Gasteiger partial charge in [-0.2, -0.15) is 0 Å². The fourth-order valence-corrected chi connectivity index (χ4v) is 2.72. The first-order valence-corrected chi connectivity index (χ1v) is 7.77. The van der Waals surface area contributed by atoms with Crippen LogP contribution in [0.5, 0.6) is 11.6 Å². The van der Waals surface area contributed by atoms with Crippen LogP contribution in [-0.4, -0.2) is 54.3 Å². The molecular weight excluding hydrogens is 308 g/mol. The molecule has 1 aliphatic heterocycles. The van der Waals surface area contributed by atoms with Crippen molar-refractivity contribution in [3.63, 3.8) is 0 Å². The normalized spacial score (nSPS) is 14.4. The minimum Gasteiger partial charge on any atom is -0.506 e. The van der Waals surface area contributed by atoms with Crippen molar-refractivity contribution in [2.45, 2.75) is 0 Å². The lowest BCUT2D eigenvalue weighted by Gasteiger charge is -2.36. The van der Waals surface area contributed by atoms with E-state index in [9.17, 15) is 9.90 Å². The van der Waals surface area contributed by atoms with Gasteiger partial charge in [-0.05, 0) is 24.3 Å². The molecule has 24 heavy (non-hydrogen) atoms. The number of amides is 2. The lowest BCUT2D eigenvalue weighted by Crippen LogP contribution is -2.50. The molecule has 0 saturated carbocycles. The van der Waals surface area contributed by atoms with Gasteiger partial charge in [0.25, 0.3) is 0 Å². The van der Waals surface area contributed by atoms with Gasteiger partial charge in [0.1, 0.15) is 11.4 Å². The van der Waals surface area contributed by atoms with E-state index < -0.39 is 0 Å². The van der Waals surface area contributed by atoms with E-state index in [1.54, 1.807) is 35.4 Å². The number of carbonyl (C=O) groups excluding carboxylic acids is 1. The Morgan fingerprint density at radius 2 is 1.92 bits per heavy atom. The zero-order valence-electron chi connectivity index (χ0n) is 13.5. The topological polar surface area (TPSA) is 77.9 Å². The van der Waals surface area contributed by atoms with Crippen LogP contribution in [0, 0.1) is 0 Å². The molecule has 7 nitrogen and oxygen atoms in total. The van der Waals surface area contributed by atoms with E-state index in [4.69, 9.17) is 4.74 Å². The van der Waals surface area contributed by atoms with Crippen molar-refractivity contribution in [3.8, 4) is 11.6 Å². The van der Waals surface area contributed by atoms with Gasteiger partial charge in [-0.3, -0.25) is 0 Å². The number of rotatable bonds is 3. The van der Waals surface area contributed by atoms with Crippen molar-refractivity contribution < 1.29 is 14.6 Å². The summed E-state index contributed by atoms with van der Waals surface area (Å²) >= 11 is 0. The van der Waals surface area contributed by atoms with Crippen LogP contribution in [0.4, 0.5) is 16.2 Å². The third kappa shape index (κ3) is 3.34. The van der Waals surface area contributed by atoms with Gasteiger partial charge in [0.05, 0.1) is 12.8 Å². The molecule has 2 amide bonds. The zero-order chi connectivity index (χ0) is 16.9. The first-order chi connectivity index (χ1) is 11.7. The van der Waals surface area contributed by atoms with Crippen LogP contribution in [-0.2, 0) is 0 Å². The maximum absolute atomic E-state index is 12.4. The molecule has 0 aliphatic carbocycles. The standard InChI is InChI=1S/C17H20N4O3/c1-24-16-13(5-4-8-18-16)19-17(23)21-11-9-20(10-12-21)14-6-2-3-7-15(14)22/h2-8,22H,9-12H2,1H3,(H,19,23). The number of urea groups is 1. The van der Waals surface area contributed by atoms with Crippen LogP contribution < -0.4 is 15.0 Å². The third-order valence-corrected chi connectivity index (χ3v) is 4.00. The van der Waals surface area contributed by atoms with Gasteiger partial charge < -0.3 is 25.0 Å². The number of carbonyl (C=O) groups is 1. The molecule has 126 valence electrons. The molecule has 1 aromatic carbocycles. The number of phenols is 1. The number of nitrogens with zero attached hydrogens (tertiary/aromatic N) is 3. The molecule has 0 bridgehead atoms. The van der Waals surface area contributed by atoms with E-state index in [1.165, 1.54) is 7.11 Å². The number of methoxy groups -OCH3 is 1. The van der Waals surface area contributed by atoms with Crippen molar-refractivity contribution >= 4 is 17.4 Å². The molecule has 3 rings (SSSR count). The molecule has 0 unspecified atom stereocenters. The van der Waals surface area contributed by atoms with Crippen molar-refractivity contribution in [3.05, 3.63) is 42.6 Å². The number of aromatic hydroxyl groups is 1. The quantitative estimate of drug-likeness (QED) is 0.903. The molecule has 0 spiro atoms. The molecule has 2 aromatic rings. The number of hydrogen-bond donors (Lipinski definition) is 2. The molecule has 1 saturated heterocycles. The summed E-state index contributed by atoms with van der Waals surface area (Å²) in [5, 5.41) is 12.8. The highest BCUT2D eigenvalue weighted by atomic mass is 16.5. The van der Waals surface area contributed by atoms with Crippen molar-refractivity contribution in [2.24, 2.45) is 0 Å². The number of para-hydroxylation sites is 2. The second-order valence-corrected chi connectivity index (χ2v) is 5.45. The van der Waals surface area contributed by atoms with Crippen LogP contribution >= 0.6 is 0 Å². The summed E-state index contributed by atoms with van der Waals surface area (Å²) in [6, 6.07) is 10.6. The Morgan fingerprint density at radius 1 is 1.17 bits per heavy atom. The van der Waals surface area contributed by atoms with Gasteiger partial charge in [-0.15, -0.1) is 0 Å². The number of aromatic nitrogens is 1. The summed E-state index contributed by atoms with van der Waals surface area (Å²) in [5.41, 5.74) is 1.35. The van der Waals surface area contributed by atoms with Gasteiger partial charge >= 0.3 is 6.03 Å². The minimum absolute atomic E-state index is 0.182. The Labute approximate surface area is 140 Å². The van der Waals surface area contributed by atoms with Crippen LogP contribution in [0.2, 0.25) is 0 Å². The van der Waals surface area contributed by atoms with Crippen molar-refractivity contribution in [2.75, 3.05) is 43.5 Å². The number of pyridine rings is 1. The van der Waals surface area contributed by atoms with E-state index in [-0.39, 0.29) is 11.8 Å². The summed E-state index contributed by atoms with van der Waals surface area (Å²) in [6.07, 6.45) is 1.61. The Morgan fingerprint density at radius 3 is 2.62 bits per heavy atom. The predicted molar refractivity (Wildman–Crippen MR) is 91.7 cm³/mol. The molecule has 1 aromatic heterocycles. The first-order valence-electron chi connectivity index (χ1n) is 7.77. The van der Waals surface area contributed by atoms with Crippen LogP contribution in [0.15, 0.2) is 42.6 Å². The minimum atomic E-state index is -0.182. The number of anilines is 2. The second-order valence-electron chi connectivity index (χ2n) is 5.45. The Bertz CT molecular complexity index is 714. The number of nitrogens with one attached hydrogen (secondary N) is 1. The fraction of sp³-hybridized carbons (Fsp3) is 0.294. The van der Waals surface area contributed by atoms with Crippen LogP contribution in [0.25, 0.3) is 0 Å². The first kappa shape index (κ1) is 15.9. The largest absolute Gasteiger partial charge is 0.506 e. The van der Waals surface area contributed by atoms with E-state index in [0.717, 1.165) is 5.69 Å². The highest BCUT2D eigenvalue weighted by Gasteiger charge is 2.23. The number of benzene rings is 1. The molecule has 1 aliphatic rings. The Hall–Kier alpha value is -2.96. The summed E-state index contributed by atoms with van der Waals surface area (Å²) in [7, 11) is 1.52. The molecule has 1 fully saturated rings. The van der Waals surface area contributed by atoms with Crippen LogP contribution in [0.1, 0.15) is 0 Å². The van der Waals surface area contributed by atoms with Crippen LogP contribution in [0.3, 0.4) is 0 Å². The third-order valence-electron chi connectivity index (χ3n) is 4.00. The number of ether oxygens (including phenoxy) is 1. The summed E-state index contributed by atoms with van der Waals surface area (Å²) in [5.74, 6) is 0.647. The molecule has 0 radical (unpaired) electrons. The average Bonchev–Trinajstić information content (AvgIpc) is 2.63. The average molecular weight is 328 g/mol. The highest BCUT2D eigenvalue weighted by molar-refractivity contribution is 5.90. The summed E-state index contributed by atoms with van der Waals surface area (Å²) in [4.78, 5) is 20.3. The molecular formula is C17H20N4O3. The Kier molecular flexibility index (Phi) is 4.69. The van der Waals surface area contributed by atoms with Gasteiger partial charge in [0.15, 0.2) is 0 Å². The SMILES string of the molecule is COc1ncccc1NC(=O)N1CCN(c2ccccc2O)CC1. The second kappa shape index (κ2) is 7.08. The maximum Gasteiger partial charge on any atom is 0.322 e. The number of phenolic OH excluding ortho intramolecular Hbond substituents is 1. The van der Waals surface area contributed by atoms with E-state index in [0.29, 0.717) is 37.7 Å². The van der Waals surface area contributed by atoms with Gasteiger partial charge in [-0.1, -0.05) is 12.1 Å². The summed E-state index contributed by atoms with van der Waals surface area (Å²) < 4.78 is 5.14. The Balaban J connectivity index is 1.60. The van der Waals surface area contributed by atoms with Gasteiger partial charge in [0, 0.05) is 32.4 Å². The molecule has 2 N–H and O–H groups in total. The molecule has 7 heteroatoms. The lowest BCUT2D eigenvalue weighted by atomic mass is 10.2. The van der Waals surface area contributed by atoms with Crippen molar-refractivity contribution in [1.82, 2.24) is 9.88 Å². The van der Waals surface area contributed by atoms with Gasteiger partial charge in [-0.25, -0.2) is 9.78 Å². The summed E-state index contributed by atoms with van der Waals surface area (Å²) in [6.45, 7) is 2.47. The molecule has 0 atom stereocenters. The monoisotopic (exact) mass is 328 g/mol. The number of piperazine rings is 1. The van der Waals surface area contributed by atoms with E-state index >= 15 is 0 Å². The number of hydrogen-bond acceptors (Lipinski definition) is 5. The van der Waals surface area contributed by atoms with E-state index in [1.807, 2.05) is 12.1 Å². The predicted octanol–water partition coefficient (Wildman–Crippen LogP) is 2.15. The molecule has 2 heterocycles.